The molecule has 0 amide bonds. The third kappa shape index (κ3) is 1.94. The third-order valence-electron chi connectivity index (χ3n) is 1.67. The highest BCUT2D eigenvalue weighted by Gasteiger charge is 2.16. The molecule has 0 aromatic rings. The van der Waals surface area contributed by atoms with E-state index in [0.717, 1.165) is 16.9 Å². The fourth-order valence-corrected chi connectivity index (χ4v) is 0.827. The van der Waals surface area contributed by atoms with Crippen LogP contribution >= 0.6 is 0 Å². The van der Waals surface area contributed by atoms with E-state index in [1.165, 1.54) is 0 Å². The Bertz CT molecular complexity index is 55.2. The van der Waals surface area contributed by atoms with Gasteiger partial charge < -0.3 is 10.2 Å². The van der Waals surface area contributed by atoms with Crippen molar-refractivity contribution in [1.82, 2.24) is 0 Å². The molecule has 0 aromatic heterocycles. The second kappa shape index (κ2) is 3.22. The Kier molecular flexibility index (Phi) is 3.27. The molecule has 1 atom stereocenters. The van der Waals surface area contributed by atoms with Gasteiger partial charge in [0.15, 0.2) is 0 Å². The Morgan fingerprint density at radius 3 is 2.25 bits per heavy atom. The largest absolute Gasteiger partial charge is 0.421 e. The molecular weight excluding hydrogens is 118 g/mol. The molecule has 0 fully saturated rings. The van der Waals surface area contributed by atoms with E-state index in [2.05, 4.69) is 6.92 Å². The summed E-state index contributed by atoms with van der Waals surface area (Å²) in [4.78, 5) is 0. The summed E-state index contributed by atoms with van der Waals surface area (Å²) in [5, 5.41) is 0. The first kappa shape index (κ1) is 8.14. The number of rotatable bonds is 3. The van der Waals surface area contributed by atoms with Gasteiger partial charge in [0.05, 0.1) is 5.60 Å². The predicted molar refractivity (Wildman–Crippen MR) is 38.8 cm³/mol. The van der Waals surface area contributed by atoms with Gasteiger partial charge in [-0.25, -0.2) is 0 Å². The molecule has 3 heteroatoms. The van der Waals surface area contributed by atoms with Crippen molar-refractivity contribution in [3.8, 4) is 0 Å². The minimum absolute atomic E-state index is 0.0355. The molecule has 0 aromatic carbocycles. The second-order valence-electron chi connectivity index (χ2n) is 2.21. The summed E-state index contributed by atoms with van der Waals surface area (Å²) >= 11 is 0. The minimum atomic E-state index is -0.0355. The predicted octanol–water partition coefficient (Wildman–Crippen LogP) is -0.589. The molecular formula is C5H15NOSi. The van der Waals surface area contributed by atoms with Crippen molar-refractivity contribution in [3.63, 3.8) is 0 Å². The summed E-state index contributed by atoms with van der Waals surface area (Å²) in [6, 6.07) is 0. The topological polar surface area (TPSA) is 35.2 Å². The van der Waals surface area contributed by atoms with Crippen molar-refractivity contribution in [2.45, 2.75) is 25.9 Å². The Morgan fingerprint density at radius 1 is 1.75 bits per heavy atom. The van der Waals surface area contributed by atoms with E-state index in [1.807, 2.05) is 6.92 Å². The van der Waals surface area contributed by atoms with Crippen LogP contribution in [0.4, 0.5) is 0 Å². The quantitative estimate of drug-likeness (QED) is 0.522. The zero-order valence-electron chi connectivity index (χ0n) is 5.90. The van der Waals surface area contributed by atoms with Crippen LogP contribution < -0.4 is 5.73 Å². The molecule has 0 aliphatic carbocycles. The summed E-state index contributed by atoms with van der Waals surface area (Å²) < 4.78 is 5.25. The summed E-state index contributed by atoms with van der Waals surface area (Å²) in [6.45, 7) is 4.76. The maximum absolute atomic E-state index is 5.43. The molecule has 0 saturated carbocycles. The number of hydrogen-bond donors (Lipinski definition) is 1. The maximum atomic E-state index is 5.43. The number of hydrogen-bond acceptors (Lipinski definition) is 2. The third-order valence-corrected chi connectivity index (χ3v) is 2.66. The molecule has 0 heterocycles. The van der Waals surface area contributed by atoms with Crippen molar-refractivity contribution >= 4 is 10.5 Å². The van der Waals surface area contributed by atoms with Crippen LogP contribution in [-0.2, 0) is 4.43 Å². The van der Waals surface area contributed by atoms with Crippen molar-refractivity contribution < 1.29 is 4.43 Å². The van der Waals surface area contributed by atoms with Gasteiger partial charge in [0.25, 0.3) is 0 Å². The molecule has 0 aliphatic heterocycles. The van der Waals surface area contributed by atoms with Crippen LogP contribution in [0, 0.1) is 0 Å². The van der Waals surface area contributed by atoms with Crippen LogP contribution in [0.3, 0.4) is 0 Å². The Balaban J connectivity index is 3.58. The van der Waals surface area contributed by atoms with Crippen LogP contribution in [0.15, 0.2) is 0 Å². The van der Waals surface area contributed by atoms with Gasteiger partial charge in [-0.15, -0.1) is 0 Å². The Labute approximate surface area is 53.9 Å². The van der Waals surface area contributed by atoms with Crippen LogP contribution in [0.5, 0.6) is 0 Å². The minimum Gasteiger partial charge on any atom is -0.421 e. The van der Waals surface area contributed by atoms with Crippen molar-refractivity contribution in [3.05, 3.63) is 0 Å². The van der Waals surface area contributed by atoms with Crippen LogP contribution in [0.1, 0.15) is 20.3 Å². The summed E-state index contributed by atoms with van der Waals surface area (Å²) in [5.74, 6) is 0. The first-order valence-electron chi connectivity index (χ1n) is 2.93. The van der Waals surface area contributed by atoms with Crippen LogP contribution in [0.25, 0.3) is 0 Å². The lowest BCUT2D eigenvalue weighted by Gasteiger charge is -2.24. The van der Waals surface area contributed by atoms with Crippen molar-refractivity contribution in [2.75, 3.05) is 6.54 Å². The molecule has 0 rings (SSSR count). The summed E-state index contributed by atoms with van der Waals surface area (Å²) in [7, 11) is 0.786. The molecule has 0 spiro atoms. The van der Waals surface area contributed by atoms with Gasteiger partial charge in [-0.2, -0.15) is 0 Å². The molecule has 2 N–H and O–H groups in total. The number of nitrogens with two attached hydrogens (primary N) is 1. The van der Waals surface area contributed by atoms with E-state index in [1.54, 1.807) is 0 Å². The molecule has 8 heavy (non-hydrogen) atoms. The highest BCUT2D eigenvalue weighted by Crippen LogP contribution is 2.09. The highest BCUT2D eigenvalue weighted by atomic mass is 28.2. The van der Waals surface area contributed by atoms with E-state index < -0.39 is 0 Å². The van der Waals surface area contributed by atoms with E-state index in [4.69, 9.17) is 10.2 Å². The molecule has 1 unspecified atom stereocenters. The second-order valence-corrected chi connectivity index (χ2v) is 2.62. The zero-order chi connectivity index (χ0) is 6.62. The lowest BCUT2D eigenvalue weighted by molar-refractivity contribution is 0.106. The molecule has 0 saturated heterocycles. The molecule has 50 valence electrons. The fraction of sp³-hybridized carbons (Fsp3) is 1.00. The van der Waals surface area contributed by atoms with E-state index >= 15 is 0 Å². The average molecular weight is 133 g/mol. The lowest BCUT2D eigenvalue weighted by Crippen LogP contribution is -2.35. The fourth-order valence-electron chi connectivity index (χ4n) is 0.372. The first-order valence-corrected chi connectivity index (χ1v) is 3.75. The van der Waals surface area contributed by atoms with Crippen molar-refractivity contribution in [2.24, 2.45) is 5.73 Å². The molecule has 0 aliphatic rings. The normalized spacial score (nSPS) is 18.4. The van der Waals surface area contributed by atoms with Gasteiger partial charge >= 0.3 is 0 Å². The summed E-state index contributed by atoms with van der Waals surface area (Å²) in [6.07, 6.45) is 1.01. The standard InChI is InChI=1S/C5H15NOSi/c1-3-5(2,4-6)7-8/h3-4,6H2,1-2,8H3. The van der Waals surface area contributed by atoms with Crippen LogP contribution in [-0.4, -0.2) is 22.6 Å². The highest BCUT2D eigenvalue weighted by molar-refractivity contribution is 5.98. The van der Waals surface area contributed by atoms with Crippen LogP contribution in [0.2, 0.25) is 0 Å². The maximum Gasteiger partial charge on any atom is 0.146 e. The molecule has 0 radical (unpaired) electrons. The smallest absolute Gasteiger partial charge is 0.146 e. The summed E-state index contributed by atoms with van der Waals surface area (Å²) in [5.41, 5.74) is 5.39. The zero-order valence-corrected chi connectivity index (χ0v) is 7.90. The van der Waals surface area contributed by atoms with Gasteiger partial charge in [0.2, 0.25) is 0 Å². The van der Waals surface area contributed by atoms with E-state index in [-0.39, 0.29) is 5.60 Å². The lowest BCUT2D eigenvalue weighted by atomic mass is 10.1. The SMILES string of the molecule is CCC(C)(CN)O[SiH3]. The van der Waals surface area contributed by atoms with Gasteiger partial charge in [-0.1, -0.05) is 6.92 Å². The Morgan fingerprint density at radius 2 is 2.25 bits per heavy atom. The Hall–Kier alpha value is 0.137. The van der Waals surface area contributed by atoms with E-state index in [0.29, 0.717) is 6.54 Å². The van der Waals surface area contributed by atoms with E-state index in [9.17, 15) is 0 Å². The first-order chi connectivity index (χ1) is 3.68. The molecule has 2 nitrogen and oxygen atoms in total. The average Bonchev–Trinajstić information content (AvgIpc) is 1.87. The molecule has 0 bridgehead atoms. The van der Waals surface area contributed by atoms with Gasteiger partial charge in [0.1, 0.15) is 10.5 Å². The van der Waals surface area contributed by atoms with Gasteiger partial charge in [0, 0.05) is 6.54 Å². The van der Waals surface area contributed by atoms with Gasteiger partial charge in [-0.05, 0) is 13.3 Å². The monoisotopic (exact) mass is 133 g/mol. The van der Waals surface area contributed by atoms with Crippen molar-refractivity contribution in [1.29, 1.82) is 0 Å². The van der Waals surface area contributed by atoms with Gasteiger partial charge in [-0.3, -0.25) is 0 Å².